The second kappa shape index (κ2) is 3.67. The van der Waals surface area contributed by atoms with E-state index in [0.717, 1.165) is 4.47 Å². The van der Waals surface area contributed by atoms with Crippen LogP contribution in [-0.4, -0.2) is 6.08 Å². The molecule has 0 N–H and O–H groups in total. The van der Waals surface area contributed by atoms with Gasteiger partial charge in [-0.1, -0.05) is 27.5 Å². The molecule has 4 heteroatoms. The Labute approximate surface area is 77.0 Å². The molecular formula is C7H3BrClNO. The van der Waals surface area contributed by atoms with Gasteiger partial charge in [0.05, 0.1) is 5.69 Å². The Morgan fingerprint density at radius 1 is 1.45 bits per heavy atom. The molecule has 0 aliphatic rings. The van der Waals surface area contributed by atoms with E-state index in [1.54, 1.807) is 18.2 Å². The first kappa shape index (κ1) is 8.47. The fourth-order valence-electron chi connectivity index (χ4n) is 0.657. The van der Waals surface area contributed by atoms with Crippen LogP contribution < -0.4 is 0 Å². The minimum Gasteiger partial charge on any atom is -0.211 e. The third-order valence-electron chi connectivity index (χ3n) is 1.02. The van der Waals surface area contributed by atoms with Crippen LogP contribution in [0.3, 0.4) is 0 Å². The number of carbonyl (C=O) groups excluding carboxylic acids is 1. The first-order valence-electron chi connectivity index (χ1n) is 2.76. The number of halogens is 2. The average Bonchev–Trinajstić information content (AvgIpc) is 1.85. The predicted molar refractivity (Wildman–Crippen MR) is 46.9 cm³/mol. The molecule has 0 amide bonds. The number of isocyanates is 1. The normalized spacial score (nSPS) is 8.91. The number of benzene rings is 1. The summed E-state index contributed by atoms with van der Waals surface area (Å²) >= 11 is 8.87. The van der Waals surface area contributed by atoms with Gasteiger partial charge in [-0.05, 0) is 18.2 Å². The summed E-state index contributed by atoms with van der Waals surface area (Å²) in [5.41, 5.74) is 0.499. The van der Waals surface area contributed by atoms with E-state index >= 15 is 0 Å². The molecule has 0 fully saturated rings. The number of hydrogen-bond donors (Lipinski definition) is 0. The van der Waals surface area contributed by atoms with E-state index in [-0.39, 0.29) is 0 Å². The molecule has 0 saturated carbocycles. The van der Waals surface area contributed by atoms with E-state index in [0.29, 0.717) is 10.7 Å². The van der Waals surface area contributed by atoms with E-state index < -0.39 is 0 Å². The summed E-state index contributed by atoms with van der Waals surface area (Å²) < 4.78 is 0.791. The second-order valence-corrected chi connectivity index (χ2v) is 3.18. The van der Waals surface area contributed by atoms with Crippen molar-refractivity contribution >= 4 is 39.3 Å². The molecule has 0 atom stereocenters. The SMILES string of the molecule is O=C=Nc1cc(Cl)cc(Br)c1. The molecule has 0 spiro atoms. The molecule has 0 aliphatic carbocycles. The molecule has 0 unspecified atom stereocenters. The van der Waals surface area contributed by atoms with Crippen LogP contribution in [0.2, 0.25) is 5.02 Å². The average molecular weight is 232 g/mol. The molecule has 56 valence electrons. The lowest BCUT2D eigenvalue weighted by Gasteiger charge is -1.93. The summed E-state index contributed by atoms with van der Waals surface area (Å²) in [7, 11) is 0. The van der Waals surface area contributed by atoms with Gasteiger partial charge in [0.15, 0.2) is 0 Å². The highest BCUT2D eigenvalue weighted by Crippen LogP contribution is 2.24. The smallest absolute Gasteiger partial charge is 0.211 e. The van der Waals surface area contributed by atoms with Crippen LogP contribution in [0.4, 0.5) is 5.69 Å². The molecule has 11 heavy (non-hydrogen) atoms. The number of nitrogens with zero attached hydrogens (tertiary/aromatic N) is 1. The number of hydrogen-bond acceptors (Lipinski definition) is 2. The Morgan fingerprint density at radius 2 is 2.18 bits per heavy atom. The van der Waals surface area contributed by atoms with Gasteiger partial charge in [-0.25, -0.2) is 4.79 Å². The van der Waals surface area contributed by atoms with Crippen LogP contribution in [-0.2, 0) is 4.79 Å². The van der Waals surface area contributed by atoms with Crippen molar-refractivity contribution in [3.63, 3.8) is 0 Å². The van der Waals surface area contributed by atoms with E-state index in [1.165, 1.54) is 6.08 Å². The largest absolute Gasteiger partial charge is 0.240 e. The highest BCUT2D eigenvalue weighted by atomic mass is 79.9. The maximum Gasteiger partial charge on any atom is 0.240 e. The minimum atomic E-state index is 0.499. The van der Waals surface area contributed by atoms with Crippen LogP contribution in [0.25, 0.3) is 0 Å². The maximum absolute atomic E-state index is 9.85. The molecule has 1 aromatic rings. The third kappa shape index (κ3) is 2.46. The monoisotopic (exact) mass is 231 g/mol. The molecule has 0 radical (unpaired) electrons. The van der Waals surface area contributed by atoms with Gasteiger partial charge in [0, 0.05) is 9.50 Å². The van der Waals surface area contributed by atoms with Crippen molar-refractivity contribution in [2.45, 2.75) is 0 Å². The van der Waals surface area contributed by atoms with Gasteiger partial charge < -0.3 is 0 Å². The first-order valence-corrected chi connectivity index (χ1v) is 3.93. The van der Waals surface area contributed by atoms with Gasteiger partial charge in [0.25, 0.3) is 0 Å². The van der Waals surface area contributed by atoms with Crippen LogP contribution in [0.1, 0.15) is 0 Å². The Hall–Kier alpha value is -0.630. The van der Waals surface area contributed by atoms with Crippen molar-refractivity contribution in [2.75, 3.05) is 0 Å². The lowest BCUT2D eigenvalue weighted by Crippen LogP contribution is -1.67. The molecule has 2 nitrogen and oxygen atoms in total. The maximum atomic E-state index is 9.85. The van der Waals surface area contributed by atoms with Crippen molar-refractivity contribution < 1.29 is 4.79 Å². The Morgan fingerprint density at radius 3 is 2.73 bits per heavy atom. The number of aliphatic imine (C=N–C) groups is 1. The first-order chi connectivity index (χ1) is 5.22. The Balaban J connectivity index is 3.18. The van der Waals surface area contributed by atoms with Gasteiger partial charge in [0.2, 0.25) is 6.08 Å². The van der Waals surface area contributed by atoms with Crippen molar-refractivity contribution in [1.29, 1.82) is 0 Å². The van der Waals surface area contributed by atoms with Gasteiger partial charge in [-0.15, -0.1) is 0 Å². The zero-order valence-corrected chi connectivity index (χ0v) is 7.69. The van der Waals surface area contributed by atoms with Crippen LogP contribution in [0, 0.1) is 0 Å². The number of rotatable bonds is 1. The van der Waals surface area contributed by atoms with Gasteiger partial charge in [-0.3, -0.25) is 0 Å². The lowest BCUT2D eigenvalue weighted by atomic mass is 10.3. The summed E-state index contributed by atoms with van der Waals surface area (Å²) in [5.74, 6) is 0. The molecule has 0 bridgehead atoms. The van der Waals surface area contributed by atoms with Crippen molar-refractivity contribution in [2.24, 2.45) is 4.99 Å². The summed E-state index contributed by atoms with van der Waals surface area (Å²) in [6.45, 7) is 0. The summed E-state index contributed by atoms with van der Waals surface area (Å²) in [6, 6.07) is 4.97. The highest BCUT2D eigenvalue weighted by molar-refractivity contribution is 9.10. The fourth-order valence-corrected chi connectivity index (χ4v) is 1.50. The molecule has 1 aromatic carbocycles. The van der Waals surface area contributed by atoms with Crippen molar-refractivity contribution in [1.82, 2.24) is 0 Å². The zero-order valence-electron chi connectivity index (χ0n) is 5.34. The van der Waals surface area contributed by atoms with Gasteiger partial charge in [0.1, 0.15) is 0 Å². The lowest BCUT2D eigenvalue weighted by molar-refractivity contribution is 0.565. The molecule has 1 rings (SSSR count). The summed E-state index contributed by atoms with van der Waals surface area (Å²) in [4.78, 5) is 13.3. The van der Waals surface area contributed by atoms with Crippen molar-refractivity contribution in [3.05, 3.63) is 27.7 Å². The third-order valence-corrected chi connectivity index (χ3v) is 1.70. The summed E-state index contributed by atoms with van der Waals surface area (Å²) in [6.07, 6.45) is 1.43. The van der Waals surface area contributed by atoms with E-state index in [9.17, 15) is 4.79 Å². The van der Waals surface area contributed by atoms with Crippen LogP contribution in [0.15, 0.2) is 27.7 Å². The molecular weight excluding hydrogens is 229 g/mol. The standard InChI is InChI=1S/C7H3BrClNO/c8-5-1-6(9)3-7(2-5)10-4-11/h1-3H. The van der Waals surface area contributed by atoms with Crippen LogP contribution >= 0.6 is 27.5 Å². The summed E-state index contributed by atoms with van der Waals surface area (Å²) in [5, 5.41) is 0.536. The van der Waals surface area contributed by atoms with Gasteiger partial charge in [-0.2, -0.15) is 4.99 Å². The van der Waals surface area contributed by atoms with E-state index in [2.05, 4.69) is 20.9 Å². The zero-order chi connectivity index (χ0) is 8.27. The van der Waals surface area contributed by atoms with Crippen molar-refractivity contribution in [3.8, 4) is 0 Å². The highest BCUT2D eigenvalue weighted by Gasteiger charge is 1.94. The van der Waals surface area contributed by atoms with Gasteiger partial charge >= 0.3 is 0 Å². The minimum absolute atomic E-state index is 0.499. The molecule has 0 aliphatic heterocycles. The predicted octanol–water partition coefficient (Wildman–Crippen LogP) is 3.07. The quantitative estimate of drug-likeness (QED) is 0.540. The fraction of sp³-hybridized carbons (Fsp3) is 0. The molecule has 0 saturated heterocycles. The second-order valence-electron chi connectivity index (χ2n) is 1.83. The Kier molecular flexibility index (Phi) is 2.83. The Bertz CT molecular complexity index is 300. The molecule has 0 heterocycles. The van der Waals surface area contributed by atoms with E-state index in [4.69, 9.17) is 11.6 Å². The van der Waals surface area contributed by atoms with E-state index in [1.807, 2.05) is 0 Å². The topological polar surface area (TPSA) is 29.4 Å². The molecule has 0 aromatic heterocycles. The van der Waals surface area contributed by atoms with Crippen LogP contribution in [0.5, 0.6) is 0 Å².